The molecule has 1 saturated heterocycles. The summed E-state index contributed by atoms with van der Waals surface area (Å²) in [6.45, 7) is 7.24. The number of rotatable bonds is 3. The standard InChI is InChI=1S/C11H19N5S/c1-8-5-10(15-12)14-11(13-8)7-16-3-4-17-9(2)6-16/h5,9H,3-4,6-7,12H2,1-2H3,(H,13,14,15). The molecule has 1 aromatic rings. The zero-order chi connectivity index (χ0) is 12.3. The Kier molecular flexibility index (Phi) is 4.20. The summed E-state index contributed by atoms with van der Waals surface area (Å²) < 4.78 is 0. The predicted octanol–water partition coefficient (Wildman–Crippen LogP) is 1.01. The molecular formula is C11H19N5S. The van der Waals surface area contributed by atoms with E-state index >= 15 is 0 Å². The normalized spacial score (nSPS) is 21.5. The SMILES string of the molecule is Cc1cc(NN)nc(CN2CCSC(C)C2)n1. The van der Waals surface area contributed by atoms with Crippen LogP contribution in [0.1, 0.15) is 18.4 Å². The largest absolute Gasteiger partial charge is 0.308 e. The number of hydrogen-bond donors (Lipinski definition) is 2. The molecule has 3 N–H and O–H groups in total. The van der Waals surface area contributed by atoms with E-state index in [1.54, 1.807) is 0 Å². The summed E-state index contributed by atoms with van der Waals surface area (Å²) in [4.78, 5) is 11.2. The van der Waals surface area contributed by atoms with Crippen molar-refractivity contribution in [1.82, 2.24) is 14.9 Å². The van der Waals surface area contributed by atoms with Gasteiger partial charge in [0.25, 0.3) is 0 Å². The maximum Gasteiger partial charge on any atom is 0.145 e. The van der Waals surface area contributed by atoms with Gasteiger partial charge >= 0.3 is 0 Å². The lowest BCUT2D eigenvalue weighted by Gasteiger charge is -2.29. The van der Waals surface area contributed by atoms with Crippen LogP contribution in [0.4, 0.5) is 5.82 Å². The summed E-state index contributed by atoms with van der Waals surface area (Å²) in [6.07, 6.45) is 0. The number of hydrogen-bond acceptors (Lipinski definition) is 6. The summed E-state index contributed by atoms with van der Waals surface area (Å²) >= 11 is 2.03. The predicted molar refractivity (Wildman–Crippen MR) is 71.8 cm³/mol. The summed E-state index contributed by atoms with van der Waals surface area (Å²) in [5.41, 5.74) is 3.53. The van der Waals surface area contributed by atoms with E-state index < -0.39 is 0 Å². The van der Waals surface area contributed by atoms with Crippen molar-refractivity contribution in [2.75, 3.05) is 24.3 Å². The van der Waals surface area contributed by atoms with E-state index in [0.29, 0.717) is 11.1 Å². The van der Waals surface area contributed by atoms with Crippen molar-refractivity contribution in [3.63, 3.8) is 0 Å². The number of nitrogen functional groups attached to an aromatic ring is 1. The molecule has 1 fully saturated rings. The number of nitrogens with one attached hydrogen (secondary N) is 1. The Bertz CT molecular complexity index is 384. The monoisotopic (exact) mass is 253 g/mol. The van der Waals surface area contributed by atoms with E-state index in [1.165, 1.54) is 5.75 Å². The molecule has 0 bridgehead atoms. The fourth-order valence-electron chi connectivity index (χ4n) is 2.01. The number of nitrogens with zero attached hydrogens (tertiary/aromatic N) is 3. The van der Waals surface area contributed by atoms with E-state index in [9.17, 15) is 0 Å². The van der Waals surface area contributed by atoms with Gasteiger partial charge in [-0.3, -0.25) is 4.90 Å². The first-order chi connectivity index (χ1) is 8.17. The van der Waals surface area contributed by atoms with Crippen LogP contribution >= 0.6 is 11.8 Å². The number of nitrogens with two attached hydrogens (primary N) is 1. The second kappa shape index (κ2) is 5.66. The zero-order valence-corrected chi connectivity index (χ0v) is 11.1. The highest BCUT2D eigenvalue weighted by molar-refractivity contribution is 7.99. The highest BCUT2D eigenvalue weighted by Gasteiger charge is 2.17. The Labute approximate surface area is 106 Å². The molecule has 2 rings (SSSR count). The van der Waals surface area contributed by atoms with Gasteiger partial charge in [0.05, 0.1) is 6.54 Å². The molecule has 0 saturated carbocycles. The average molecular weight is 253 g/mol. The maximum absolute atomic E-state index is 5.39. The molecule has 1 unspecified atom stereocenters. The van der Waals surface area contributed by atoms with Crippen LogP contribution in [0.15, 0.2) is 6.07 Å². The van der Waals surface area contributed by atoms with E-state index in [1.807, 2.05) is 24.8 Å². The molecular weight excluding hydrogens is 234 g/mol. The number of aromatic nitrogens is 2. The Morgan fingerprint density at radius 3 is 3.12 bits per heavy atom. The summed E-state index contributed by atoms with van der Waals surface area (Å²) in [6, 6.07) is 1.85. The van der Waals surface area contributed by atoms with Gasteiger partial charge in [0.15, 0.2) is 0 Å². The van der Waals surface area contributed by atoms with Gasteiger partial charge in [0.1, 0.15) is 11.6 Å². The lowest BCUT2D eigenvalue weighted by molar-refractivity contribution is 0.271. The van der Waals surface area contributed by atoms with Crippen molar-refractivity contribution in [3.8, 4) is 0 Å². The first-order valence-electron chi connectivity index (χ1n) is 5.82. The van der Waals surface area contributed by atoms with Crippen molar-refractivity contribution in [3.05, 3.63) is 17.6 Å². The van der Waals surface area contributed by atoms with Gasteiger partial charge < -0.3 is 5.43 Å². The van der Waals surface area contributed by atoms with Crippen LogP contribution in [0.2, 0.25) is 0 Å². The third-order valence-corrected chi connectivity index (χ3v) is 3.88. The minimum atomic E-state index is 0.687. The molecule has 1 atom stereocenters. The quantitative estimate of drug-likeness (QED) is 0.619. The summed E-state index contributed by atoms with van der Waals surface area (Å²) in [5, 5.41) is 0.695. The van der Waals surface area contributed by atoms with E-state index in [4.69, 9.17) is 5.84 Å². The number of aryl methyl sites for hydroxylation is 1. The van der Waals surface area contributed by atoms with Crippen LogP contribution in [-0.4, -0.2) is 39.0 Å². The molecule has 6 heteroatoms. The number of thioether (sulfide) groups is 1. The Morgan fingerprint density at radius 1 is 1.59 bits per heavy atom. The molecule has 1 aliphatic rings. The van der Waals surface area contributed by atoms with Crippen molar-refractivity contribution in [1.29, 1.82) is 0 Å². The minimum Gasteiger partial charge on any atom is -0.308 e. The average Bonchev–Trinajstić information content (AvgIpc) is 2.28. The van der Waals surface area contributed by atoms with Crippen molar-refractivity contribution in [2.45, 2.75) is 25.6 Å². The molecule has 0 amide bonds. The van der Waals surface area contributed by atoms with Gasteiger partial charge in [0.2, 0.25) is 0 Å². The van der Waals surface area contributed by atoms with E-state index in [0.717, 1.165) is 31.2 Å². The molecule has 0 aliphatic carbocycles. The van der Waals surface area contributed by atoms with Crippen LogP contribution in [0, 0.1) is 6.92 Å². The minimum absolute atomic E-state index is 0.687. The zero-order valence-electron chi connectivity index (χ0n) is 10.3. The number of hydrazine groups is 1. The molecule has 0 radical (unpaired) electrons. The Balaban J connectivity index is 2.04. The van der Waals surface area contributed by atoms with Crippen LogP contribution in [0.25, 0.3) is 0 Å². The highest BCUT2D eigenvalue weighted by atomic mass is 32.2. The fraction of sp³-hybridized carbons (Fsp3) is 0.636. The van der Waals surface area contributed by atoms with Gasteiger partial charge in [-0.15, -0.1) is 0 Å². The molecule has 1 aromatic heterocycles. The van der Waals surface area contributed by atoms with Crippen LogP contribution in [0.5, 0.6) is 0 Å². The second-order valence-electron chi connectivity index (χ2n) is 4.37. The fourth-order valence-corrected chi connectivity index (χ4v) is 3.09. The van der Waals surface area contributed by atoms with Gasteiger partial charge in [-0.05, 0) is 6.92 Å². The van der Waals surface area contributed by atoms with Crippen molar-refractivity contribution >= 4 is 17.6 Å². The molecule has 94 valence electrons. The van der Waals surface area contributed by atoms with Crippen LogP contribution in [0.3, 0.4) is 0 Å². The van der Waals surface area contributed by atoms with Gasteiger partial charge in [-0.25, -0.2) is 15.8 Å². The third-order valence-electron chi connectivity index (χ3n) is 2.74. The Hall–Kier alpha value is -0.850. The van der Waals surface area contributed by atoms with Crippen LogP contribution < -0.4 is 11.3 Å². The van der Waals surface area contributed by atoms with E-state index in [-0.39, 0.29) is 0 Å². The second-order valence-corrected chi connectivity index (χ2v) is 5.92. The molecule has 1 aliphatic heterocycles. The smallest absolute Gasteiger partial charge is 0.145 e. The van der Waals surface area contributed by atoms with Crippen molar-refractivity contribution in [2.24, 2.45) is 5.84 Å². The molecule has 2 heterocycles. The first-order valence-corrected chi connectivity index (χ1v) is 6.87. The van der Waals surface area contributed by atoms with Gasteiger partial charge in [-0.2, -0.15) is 11.8 Å². The van der Waals surface area contributed by atoms with E-state index in [2.05, 4.69) is 27.2 Å². The van der Waals surface area contributed by atoms with Crippen LogP contribution in [-0.2, 0) is 6.54 Å². The lowest BCUT2D eigenvalue weighted by atomic mass is 10.3. The molecule has 5 nitrogen and oxygen atoms in total. The van der Waals surface area contributed by atoms with Gasteiger partial charge in [-0.1, -0.05) is 6.92 Å². The highest BCUT2D eigenvalue weighted by Crippen LogP contribution is 2.19. The third kappa shape index (κ3) is 3.55. The molecule has 17 heavy (non-hydrogen) atoms. The Morgan fingerprint density at radius 2 is 2.41 bits per heavy atom. The van der Waals surface area contributed by atoms with Gasteiger partial charge in [0, 0.05) is 35.9 Å². The lowest BCUT2D eigenvalue weighted by Crippen LogP contribution is -2.36. The van der Waals surface area contributed by atoms with Crippen molar-refractivity contribution < 1.29 is 0 Å². The first kappa shape index (κ1) is 12.6. The maximum atomic E-state index is 5.39. The summed E-state index contributed by atoms with van der Waals surface area (Å²) in [5.74, 6) is 8.11. The summed E-state index contributed by atoms with van der Waals surface area (Å²) in [7, 11) is 0. The number of anilines is 1. The molecule has 0 spiro atoms. The topological polar surface area (TPSA) is 67.1 Å². The molecule has 0 aromatic carbocycles.